The molecule has 24 heavy (non-hydrogen) atoms. The lowest BCUT2D eigenvalue weighted by Crippen LogP contribution is -2.36. The molecule has 1 atom stereocenters. The summed E-state index contributed by atoms with van der Waals surface area (Å²) in [6, 6.07) is 3.87. The van der Waals surface area contributed by atoms with Crippen LogP contribution in [0, 0.1) is 17.0 Å². The molecule has 0 spiro atoms. The Balaban J connectivity index is 1.55. The first kappa shape index (κ1) is 15.0. The third kappa shape index (κ3) is 2.72. The van der Waals surface area contributed by atoms with Crippen LogP contribution in [0.1, 0.15) is 49.2 Å². The number of hydrogen-bond donors (Lipinski definition) is 0. The van der Waals surface area contributed by atoms with Gasteiger partial charge in [0.05, 0.1) is 4.92 Å². The zero-order valence-electron chi connectivity index (χ0n) is 13.6. The predicted molar refractivity (Wildman–Crippen MR) is 88.1 cm³/mol. The molecule has 2 aromatic rings. The van der Waals surface area contributed by atoms with Crippen LogP contribution in [0.4, 0.5) is 11.5 Å². The van der Waals surface area contributed by atoms with Crippen molar-refractivity contribution in [3.8, 4) is 0 Å². The smallest absolute Gasteiger partial charge is 0.290 e. The molecule has 126 valence electrons. The van der Waals surface area contributed by atoms with Crippen molar-refractivity contribution in [2.24, 2.45) is 0 Å². The van der Waals surface area contributed by atoms with Gasteiger partial charge in [0.1, 0.15) is 23.7 Å². The number of nitrogens with zero attached hydrogens (tertiary/aromatic N) is 6. The van der Waals surface area contributed by atoms with Gasteiger partial charge < -0.3 is 9.47 Å². The molecule has 0 aromatic carbocycles. The molecule has 2 aromatic heterocycles. The molecule has 0 radical (unpaired) electrons. The lowest BCUT2D eigenvalue weighted by atomic mass is 9.97. The molecule has 1 aliphatic heterocycles. The van der Waals surface area contributed by atoms with E-state index in [0.717, 1.165) is 37.6 Å². The molecule has 0 amide bonds. The standard InChI is InChI=1S/C16H20N6O2/c1-11-14(22(23)24)6-7-15(18-11)20-8-2-3-12(9-20)16-19-17-10-21(16)13-4-5-13/h6-7,10,12-13H,2-5,8-9H2,1H3/t12-/m0/s1. The molecule has 1 aliphatic carbocycles. The van der Waals surface area contributed by atoms with Crippen LogP contribution in [0.5, 0.6) is 0 Å². The SMILES string of the molecule is Cc1nc(N2CCC[C@H](c3nncn3C3CC3)C2)ccc1[N+](=O)[O-]. The van der Waals surface area contributed by atoms with Gasteiger partial charge in [-0.1, -0.05) is 0 Å². The summed E-state index contributed by atoms with van der Waals surface area (Å²) in [6.07, 6.45) is 6.42. The van der Waals surface area contributed by atoms with Gasteiger partial charge in [0, 0.05) is 31.1 Å². The largest absolute Gasteiger partial charge is 0.356 e. The van der Waals surface area contributed by atoms with Gasteiger partial charge in [-0.15, -0.1) is 10.2 Å². The summed E-state index contributed by atoms with van der Waals surface area (Å²) in [6.45, 7) is 3.43. The van der Waals surface area contributed by atoms with E-state index in [9.17, 15) is 10.1 Å². The zero-order chi connectivity index (χ0) is 16.7. The van der Waals surface area contributed by atoms with Crippen molar-refractivity contribution >= 4 is 11.5 Å². The Morgan fingerprint density at radius 2 is 2.12 bits per heavy atom. The van der Waals surface area contributed by atoms with Crippen LogP contribution in [0.15, 0.2) is 18.5 Å². The Kier molecular flexibility index (Phi) is 3.66. The Bertz CT molecular complexity index is 770. The first-order valence-corrected chi connectivity index (χ1v) is 8.40. The topological polar surface area (TPSA) is 90.0 Å². The fourth-order valence-corrected chi connectivity index (χ4v) is 3.48. The van der Waals surface area contributed by atoms with E-state index in [1.807, 2.05) is 6.33 Å². The van der Waals surface area contributed by atoms with Crippen molar-refractivity contribution in [3.05, 3.63) is 40.1 Å². The molecule has 4 rings (SSSR count). The molecular weight excluding hydrogens is 308 g/mol. The second kappa shape index (κ2) is 5.85. The first-order valence-electron chi connectivity index (χ1n) is 8.40. The Hall–Kier alpha value is -2.51. The number of hydrogen-bond acceptors (Lipinski definition) is 6. The maximum Gasteiger partial charge on any atom is 0.290 e. The summed E-state index contributed by atoms with van der Waals surface area (Å²) < 4.78 is 2.22. The highest BCUT2D eigenvalue weighted by Gasteiger charge is 2.31. The fraction of sp³-hybridized carbons (Fsp3) is 0.562. The Morgan fingerprint density at radius 1 is 1.29 bits per heavy atom. The van der Waals surface area contributed by atoms with Gasteiger partial charge >= 0.3 is 0 Å². The maximum atomic E-state index is 11.0. The highest BCUT2D eigenvalue weighted by atomic mass is 16.6. The fourth-order valence-electron chi connectivity index (χ4n) is 3.48. The number of rotatable bonds is 4. The van der Waals surface area contributed by atoms with E-state index >= 15 is 0 Å². The van der Waals surface area contributed by atoms with Gasteiger partial charge in [0.25, 0.3) is 5.69 Å². The van der Waals surface area contributed by atoms with Gasteiger partial charge in [-0.05, 0) is 38.7 Å². The molecule has 1 saturated heterocycles. The van der Waals surface area contributed by atoms with E-state index < -0.39 is 0 Å². The number of aromatic nitrogens is 4. The van der Waals surface area contributed by atoms with Gasteiger partial charge in [0.15, 0.2) is 0 Å². The molecule has 0 unspecified atom stereocenters. The lowest BCUT2D eigenvalue weighted by Gasteiger charge is -2.33. The van der Waals surface area contributed by atoms with Crippen LogP contribution in [0.25, 0.3) is 0 Å². The van der Waals surface area contributed by atoms with E-state index in [0.29, 0.717) is 17.7 Å². The van der Waals surface area contributed by atoms with E-state index in [1.54, 1.807) is 19.1 Å². The second-order valence-electron chi connectivity index (χ2n) is 6.64. The third-order valence-corrected chi connectivity index (χ3v) is 4.89. The monoisotopic (exact) mass is 328 g/mol. The molecule has 8 heteroatoms. The van der Waals surface area contributed by atoms with Crippen LogP contribution in [0.3, 0.4) is 0 Å². The molecule has 3 heterocycles. The highest BCUT2D eigenvalue weighted by molar-refractivity contribution is 5.47. The number of pyridine rings is 1. The minimum atomic E-state index is -0.386. The average Bonchev–Trinajstić information content (AvgIpc) is 3.31. The second-order valence-corrected chi connectivity index (χ2v) is 6.64. The molecule has 1 saturated carbocycles. The average molecular weight is 328 g/mol. The van der Waals surface area contributed by atoms with Crippen LogP contribution >= 0.6 is 0 Å². The van der Waals surface area contributed by atoms with E-state index in [4.69, 9.17) is 0 Å². The van der Waals surface area contributed by atoms with E-state index in [2.05, 4.69) is 24.6 Å². The van der Waals surface area contributed by atoms with Crippen molar-refractivity contribution in [1.82, 2.24) is 19.7 Å². The Morgan fingerprint density at radius 3 is 2.83 bits per heavy atom. The van der Waals surface area contributed by atoms with Gasteiger partial charge in [0.2, 0.25) is 0 Å². The minimum absolute atomic E-state index is 0.0702. The van der Waals surface area contributed by atoms with Crippen molar-refractivity contribution in [1.29, 1.82) is 0 Å². The molecule has 2 fully saturated rings. The van der Waals surface area contributed by atoms with E-state index in [-0.39, 0.29) is 10.6 Å². The van der Waals surface area contributed by atoms with Gasteiger partial charge in [-0.25, -0.2) is 4.98 Å². The van der Waals surface area contributed by atoms with Crippen LogP contribution in [-0.4, -0.2) is 37.8 Å². The molecular formula is C16H20N6O2. The summed E-state index contributed by atoms with van der Waals surface area (Å²) in [5, 5.41) is 19.4. The molecule has 2 aliphatic rings. The number of aryl methyl sites for hydroxylation is 1. The van der Waals surface area contributed by atoms with Crippen molar-refractivity contribution < 1.29 is 4.92 Å². The Labute approximate surface area is 139 Å². The molecule has 0 bridgehead atoms. The normalized spacial score (nSPS) is 21.0. The quantitative estimate of drug-likeness (QED) is 0.633. The third-order valence-electron chi connectivity index (χ3n) is 4.89. The summed E-state index contributed by atoms with van der Waals surface area (Å²) in [5.41, 5.74) is 0.529. The number of piperidine rings is 1. The lowest BCUT2D eigenvalue weighted by molar-refractivity contribution is -0.385. The summed E-state index contributed by atoms with van der Waals surface area (Å²) in [7, 11) is 0. The maximum absolute atomic E-state index is 11.0. The van der Waals surface area contributed by atoms with E-state index in [1.165, 1.54) is 12.8 Å². The summed E-state index contributed by atoms with van der Waals surface area (Å²) in [4.78, 5) is 17.2. The number of anilines is 1. The first-order chi connectivity index (χ1) is 11.6. The highest BCUT2D eigenvalue weighted by Crippen LogP contribution is 2.38. The molecule has 8 nitrogen and oxygen atoms in total. The van der Waals surface area contributed by atoms with Gasteiger partial charge in [-0.2, -0.15) is 0 Å². The minimum Gasteiger partial charge on any atom is -0.356 e. The van der Waals surface area contributed by atoms with Crippen LogP contribution in [0.2, 0.25) is 0 Å². The predicted octanol–water partition coefficient (Wildman–Crippen LogP) is 2.61. The van der Waals surface area contributed by atoms with Crippen molar-refractivity contribution in [3.63, 3.8) is 0 Å². The van der Waals surface area contributed by atoms with Gasteiger partial charge in [-0.3, -0.25) is 10.1 Å². The van der Waals surface area contributed by atoms with Crippen LogP contribution in [-0.2, 0) is 0 Å². The molecule has 0 N–H and O–H groups in total. The zero-order valence-corrected chi connectivity index (χ0v) is 13.6. The van der Waals surface area contributed by atoms with Crippen LogP contribution < -0.4 is 4.90 Å². The van der Waals surface area contributed by atoms with Crippen molar-refractivity contribution in [2.45, 2.75) is 44.6 Å². The summed E-state index contributed by atoms with van der Waals surface area (Å²) in [5.74, 6) is 2.21. The van der Waals surface area contributed by atoms with Crippen molar-refractivity contribution in [2.75, 3.05) is 18.0 Å². The summed E-state index contributed by atoms with van der Waals surface area (Å²) >= 11 is 0. The number of nitro groups is 1.